The molecule has 5 heteroatoms. The topological polar surface area (TPSA) is 72.2 Å². The van der Waals surface area contributed by atoms with Gasteiger partial charge in [0.25, 0.3) is 0 Å². The van der Waals surface area contributed by atoms with Gasteiger partial charge in [0.05, 0.1) is 11.8 Å². The van der Waals surface area contributed by atoms with Gasteiger partial charge < -0.3 is 5.11 Å². The summed E-state index contributed by atoms with van der Waals surface area (Å²) in [4.78, 5) is 20.1. The first-order chi connectivity index (χ1) is 4.74. The van der Waals surface area contributed by atoms with Gasteiger partial charge in [-0.05, 0) is 0 Å². The van der Waals surface area contributed by atoms with Gasteiger partial charge in [0.15, 0.2) is 6.29 Å². The van der Waals surface area contributed by atoms with Crippen molar-refractivity contribution in [2.75, 3.05) is 0 Å². The average molecular weight is 140 g/mol. The molecule has 0 aliphatic rings. The summed E-state index contributed by atoms with van der Waals surface area (Å²) in [5, 5.41) is 11.7. The molecule has 52 valence electrons. The Morgan fingerprint density at radius 3 is 2.80 bits per heavy atom. The van der Waals surface area contributed by atoms with Gasteiger partial charge in [-0.2, -0.15) is 9.78 Å². The summed E-state index contributed by atoms with van der Waals surface area (Å²) < 4.78 is 0.670. The Morgan fingerprint density at radius 2 is 2.50 bits per heavy atom. The lowest BCUT2D eigenvalue weighted by atomic mass is 10.4. The van der Waals surface area contributed by atoms with Crippen molar-refractivity contribution in [3.63, 3.8) is 0 Å². The molecule has 0 saturated heterocycles. The lowest BCUT2D eigenvalue weighted by Crippen LogP contribution is -2.07. The van der Waals surface area contributed by atoms with Crippen LogP contribution >= 0.6 is 0 Å². The molecule has 0 atom stereocenters. The first-order valence-corrected chi connectivity index (χ1v) is 2.47. The highest BCUT2D eigenvalue weighted by Crippen LogP contribution is 1.91. The summed E-state index contributed by atoms with van der Waals surface area (Å²) in [6, 6.07) is 0. The molecule has 0 amide bonds. The number of rotatable bonds is 1. The predicted molar refractivity (Wildman–Crippen MR) is 31.0 cm³/mol. The number of hydrogen-bond acceptors (Lipinski definition) is 3. The molecule has 0 bridgehead atoms. The highest BCUT2D eigenvalue weighted by molar-refractivity contribution is 5.76. The van der Waals surface area contributed by atoms with E-state index in [1.54, 1.807) is 0 Å². The summed E-state index contributed by atoms with van der Waals surface area (Å²) in [5.41, 5.74) is 0.252. The monoisotopic (exact) mass is 140 g/mol. The van der Waals surface area contributed by atoms with E-state index >= 15 is 0 Å². The summed E-state index contributed by atoms with van der Waals surface area (Å²) >= 11 is 0. The molecule has 0 aromatic carbocycles. The Hall–Kier alpha value is -1.65. The van der Waals surface area contributed by atoms with Crippen LogP contribution in [0.2, 0.25) is 0 Å². The molecule has 1 aromatic heterocycles. The van der Waals surface area contributed by atoms with E-state index in [0.717, 1.165) is 6.20 Å². The summed E-state index contributed by atoms with van der Waals surface area (Å²) in [6.45, 7) is 0. The Labute approximate surface area is 55.9 Å². The Morgan fingerprint density at radius 1 is 1.80 bits per heavy atom. The molecule has 5 nitrogen and oxygen atoms in total. The van der Waals surface area contributed by atoms with Crippen LogP contribution in [-0.4, -0.2) is 27.3 Å². The van der Waals surface area contributed by atoms with Crippen molar-refractivity contribution in [2.24, 2.45) is 0 Å². The largest absolute Gasteiger partial charge is 0.463 e. The SMILES string of the molecule is O=Cc1cnn(C(=O)O)c1. The van der Waals surface area contributed by atoms with Crippen LogP contribution in [-0.2, 0) is 0 Å². The lowest BCUT2D eigenvalue weighted by Gasteiger charge is -1.85. The van der Waals surface area contributed by atoms with Crippen LogP contribution in [0, 0.1) is 0 Å². The summed E-state index contributed by atoms with van der Waals surface area (Å²) in [5.74, 6) is 0. The van der Waals surface area contributed by atoms with Crippen molar-refractivity contribution in [2.45, 2.75) is 0 Å². The minimum absolute atomic E-state index is 0.252. The van der Waals surface area contributed by atoms with Crippen LogP contribution in [0.3, 0.4) is 0 Å². The van der Waals surface area contributed by atoms with E-state index in [2.05, 4.69) is 5.10 Å². The molecular formula is C5H4N2O3. The molecule has 1 rings (SSSR count). The normalized spacial score (nSPS) is 9.20. The van der Waals surface area contributed by atoms with E-state index in [9.17, 15) is 9.59 Å². The van der Waals surface area contributed by atoms with Crippen molar-refractivity contribution in [3.05, 3.63) is 18.0 Å². The van der Waals surface area contributed by atoms with Crippen LogP contribution in [0.5, 0.6) is 0 Å². The second-order valence-electron chi connectivity index (χ2n) is 1.62. The van der Waals surface area contributed by atoms with Crippen molar-refractivity contribution in [1.82, 2.24) is 9.78 Å². The Kier molecular flexibility index (Phi) is 1.49. The van der Waals surface area contributed by atoms with Gasteiger partial charge in [0.2, 0.25) is 0 Å². The summed E-state index contributed by atoms with van der Waals surface area (Å²) in [7, 11) is 0. The zero-order chi connectivity index (χ0) is 7.56. The standard InChI is InChI=1S/C5H4N2O3/c8-3-4-1-6-7(2-4)5(9)10/h1-3H,(H,9,10). The van der Waals surface area contributed by atoms with Gasteiger partial charge in [0.1, 0.15) is 0 Å². The minimum Gasteiger partial charge on any atom is -0.463 e. The van der Waals surface area contributed by atoms with Crippen LogP contribution < -0.4 is 0 Å². The minimum atomic E-state index is -1.20. The van der Waals surface area contributed by atoms with Gasteiger partial charge >= 0.3 is 6.09 Å². The number of aromatic nitrogens is 2. The maximum atomic E-state index is 10.1. The molecule has 0 fully saturated rings. The van der Waals surface area contributed by atoms with E-state index in [-0.39, 0.29) is 5.56 Å². The van der Waals surface area contributed by atoms with Crippen molar-refractivity contribution < 1.29 is 14.7 Å². The van der Waals surface area contributed by atoms with Crippen LogP contribution in [0.15, 0.2) is 12.4 Å². The maximum absolute atomic E-state index is 10.1. The van der Waals surface area contributed by atoms with Gasteiger partial charge in [0, 0.05) is 6.20 Å². The van der Waals surface area contributed by atoms with Crippen molar-refractivity contribution >= 4 is 12.4 Å². The van der Waals surface area contributed by atoms with E-state index < -0.39 is 6.09 Å². The van der Waals surface area contributed by atoms with E-state index in [4.69, 9.17) is 5.11 Å². The van der Waals surface area contributed by atoms with Crippen LogP contribution in [0.25, 0.3) is 0 Å². The predicted octanol–water partition coefficient (Wildman–Crippen LogP) is 0.222. The lowest BCUT2D eigenvalue weighted by molar-refractivity contribution is 0.112. The Bertz CT molecular complexity index is 266. The van der Waals surface area contributed by atoms with E-state index in [1.807, 2.05) is 0 Å². The first-order valence-electron chi connectivity index (χ1n) is 2.47. The molecular weight excluding hydrogens is 136 g/mol. The third kappa shape index (κ3) is 1.02. The average Bonchev–Trinajstić information content (AvgIpc) is 2.34. The van der Waals surface area contributed by atoms with Gasteiger partial charge in [-0.3, -0.25) is 4.79 Å². The fraction of sp³-hybridized carbons (Fsp3) is 0. The number of hydrogen-bond donors (Lipinski definition) is 1. The van der Waals surface area contributed by atoms with Crippen molar-refractivity contribution in [1.29, 1.82) is 0 Å². The molecule has 0 saturated carbocycles. The van der Waals surface area contributed by atoms with Crippen LogP contribution in [0.4, 0.5) is 4.79 Å². The maximum Gasteiger partial charge on any atom is 0.432 e. The fourth-order valence-corrected chi connectivity index (χ4v) is 0.502. The molecule has 1 N–H and O–H groups in total. The number of aldehydes is 1. The molecule has 1 aromatic rings. The van der Waals surface area contributed by atoms with Crippen LogP contribution in [0.1, 0.15) is 10.4 Å². The number of nitrogens with zero attached hydrogens (tertiary/aromatic N) is 2. The second-order valence-corrected chi connectivity index (χ2v) is 1.62. The third-order valence-electron chi connectivity index (χ3n) is 0.935. The van der Waals surface area contributed by atoms with Crippen molar-refractivity contribution in [3.8, 4) is 0 Å². The molecule has 10 heavy (non-hydrogen) atoms. The number of carbonyl (C=O) groups excluding carboxylic acids is 1. The number of carboxylic acid groups (broad SMARTS) is 1. The quantitative estimate of drug-likeness (QED) is 0.566. The molecule has 0 radical (unpaired) electrons. The summed E-state index contributed by atoms with van der Waals surface area (Å²) in [6.07, 6.45) is 1.65. The molecule has 0 spiro atoms. The Balaban J connectivity index is 2.98. The third-order valence-corrected chi connectivity index (χ3v) is 0.935. The van der Waals surface area contributed by atoms with E-state index in [1.165, 1.54) is 6.20 Å². The highest BCUT2D eigenvalue weighted by atomic mass is 16.4. The number of carbonyl (C=O) groups is 2. The van der Waals surface area contributed by atoms with Gasteiger partial charge in [-0.15, -0.1) is 0 Å². The van der Waals surface area contributed by atoms with Gasteiger partial charge in [-0.25, -0.2) is 4.79 Å². The van der Waals surface area contributed by atoms with Gasteiger partial charge in [-0.1, -0.05) is 0 Å². The molecule has 0 aliphatic heterocycles. The van der Waals surface area contributed by atoms with E-state index in [0.29, 0.717) is 11.0 Å². The smallest absolute Gasteiger partial charge is 0.432 e. The fourth-order valence-electron chi connectivity index (χ4n) is 0.502. The zero-order valence-corrected chi connectivity index (χ0v) is 4.89. The highest BCUT2D eigenvalue weighted by Gasteiger charge is 2.01. The molecule has 1 heterocycles. The molecule has 0 unspecified atom stereocenters. The zero-order valence-electron chi connectivity index (χ0n) is 4.89. The molecule has 0 aliphatic carbocycles. The first kappa shape index (κ1) is 6.47. The second kappa shape index (κ2) is 2.30.